The molecule has 0 bridgehead atoms. The van der Waals surface area contributed by atoms with Gasteiger partial charge in [-0.3, -0.25) is 0 Å². The Morgan fingerprint density at radius 1 is 1.06 bits per heavy atom. The van der Waals surface area contributed by atoms with Gasteiger partial charge in [0, 0.05) is 19.1 Å². The molecule has 3 unspecified atom stereocenters. The third kappa shape index (κ3) is 3.96. The fourth-order valence-electron chi connectivity index (χ4n) is 3.88. The average Bonchev–Trinajstić information content (AvgIpc) is 2.72. The molecule has 3 atom stereocenters. The molecule has 0 radical (unpaired) electrons. The van der Waals surface area contributed by atoms with Crippen LogP contribution in [0, 0.1) is 11.8 Å². The Morgan fingerprint density at radius 3 is 2.61 bits per heavy atom. The van der Waals surface area contributed by atoms with Crippen LogP contribution in [0.2, 0.25) is 0 Å². The van der Waals surface area contributed by atoms with E-state index in [1.54, 1.807) is 0 Å². The summed E-state index contributed by atoms with van der Waals surface area (Å²) in [5.41, 5.74) is 0. The zero-order chi connectivity index (χ0) is 12.8. The molecule has 1 aliphatic carbocycles. The first-order valence-electron chi connectivity index (χ1n) is 8.29. The Balaban J connectivity index is 1.84. The number of nitrogens with zero attached hydrogens (tertiary/aromatic N) is 1. The summed E-state index contributed by atoms with van der Waals surface area (Å²) in [6.07, 6.45) is 10.0. The molecule has 18 heavy (non-hydrogen) atoms. The molecule has 1 heterocycles. The van der Waals surface area contributed by atoms with Gasteiger partial charge in [0.25, 0.3) is 0 Å². The van der Waals surface area contributed by atoms with Crippen LogP contribution in [0.1, 0.15) is 58.8 Å². The second-order valence-electron chi connectivity index (χ2n) is 6.38. The molecule has 0 aromatic carbocycles. The molecule has 0 aromatic rings. The van der Waals surface area contributed by atoms with Crippen molar-refractivity contribution in [2.75, 3.05) is 26.2 Å². The largest absolute Gasteiger partial charge is 0.314 e. The minimum Gasteiger partial charge on any atom is -0.314 e. The van der Waals surface area contributed by atoms with Crippen LogP contribution in [-0.2, 0) is 0 Å². The first-order valence-corrected chi connectivity index (χ1v) is 8.29. The molecule has 2 rings (SSSR count). The topological polar surface area (TPSA) is 15.3 Å². The summed E-state index contributed by atoms with van der Waals surface area (Å²) in [5, 5.41) is 3.75. The zero-order valence-electron chi connectivity index (χ0n) is 12.5. The Labute approximate surface area is 114 Å². The summed E-state index contributed by atoms with van der Waals surface area (Å²) in [7, 11) is 0. The normalized spacial score (nSPS) is 34.7. The Morgan fingerprint density at radius 2 is 1.89 bits per heavy atom. The van der Waals surface area contributed by atoms with E-state index in [0.717, 1.165) is 24.4 Å². The Kier molecular flexibility index (Phi) is 5.97. The van der Waals surface area contributed by atoms with Crippen LogP contribution in [0.4, 0.5) is 0 Å². The molecular formula is C16H32N2. The summed E-state index contributed by atoms with van der Waals surface area (Å²) >= 11 is 0. The van der Waals surface area contributed by atoms with Crippen LogP contribution in [0.25, 0.3) is 0 Å². The lowest BCUT2D eigenvalue weighted by molar-refractivity contribution is 0.219. The van der Waals surface area contributed by atoms with Crippen molar-refractivity contribution in [3.05, 3.63) is 0 Å². The first-order chi connectivity index (χ1) is 8.83. The predicted molar refractivity (Wildman–Crippen MR) is 78.9 cm³/mol. The lowest BCUT2D eigenvalue weighted by Crippen LogP contribution is -2.41. The van der Waals surface area contributed by atoms with E-state index in [1.165, 1.54) is 64.6 Å². The molecule has 1 saturated heterocycles. The van der Waals surface area contributed by atoms with Gasteiger partial charge >= 0.3 is 0 Å². The molecule has 1 aliphatic heterocycles. The third-order valence-electron chi connectivity index (χ3n) is 5.07. The van der Waals surface area contributed by atoms with Crippen LogP contribution in [-0.4, -0.2) is 37.1 Å². The van der Waals surface area contributed by atoms with Crippen molar-refractivity contribution in [2.45, 2.75) is 64.8 Å². The van der Waals surface area contributed by atoms with Gasteiger partial charge in [-0.05, 0) is 44.2 Å². The van der Waals surface area contributed by atoms with Crippen LogP contribution in [0.3, 0.4) is 0 Å². The fourth-order valence-corrected chi connectivity index (χ4v) is 3.88. The van der Waals surface area contributed by atoms with E-state index < -0.39 is 0 Å². The van der Waals surface area contributed by atoms with Crippen molar-refractivity contribution >= 4 is 0 Å². The maximum atomic E-state index is 3.75. The molecule has 2 nitrogen and oxygen atoms in total. The number of likely N-dealkylation sites (tertiary alicyclic amines) is 1. The Hall–Kier alpha value is -0.0800. The minimum absolute atomic E-state index is 0.790. The van der Waals surface area contributed by atoms with E-state index in [9.17, 15) is 0 Å². The third-order valence-corrected chi connectivity index (χ3v) is 5.07. The van der Waals surface area contributed by atoms with Gasteiger partial charge in [0.05, 0.1) is 0 Å². The van der Waals surface area contributed by atoms with Gasteiger partial charge in [-0.1, -0.05) is 39.5 Å². The van der Waals surface area contributed by atoms with Gasteiger partial charge in [0.2, 0.25) is 0 Å². The molecule has 106 valence electrons. The van der Waals surface area contributed by atoms with E-state index in [0.29, 0.717) is 0 Å². The summed E-state index contributed by atoms with van der Waals surface area (Å²) < 4.78 is 0. The highest BCUT2D eigenvalue weighted by molar-refractivity contribution is 4.84. The highest BCUT2D eigenvalue weighted by atomic mass is 15.2. The second kappa shape index (κ2) is 7.49. The van der Waals surface area contributed by atoms with Crippen molar-refractivity contribution in [1.82, 2.24) is 10.2 Å². The molecule has 1 saturated carbocycles. The van der Waals surface area contributed by atoms with Crippen molar-refractivity contribution in [1.29, 1.82) is 0 Å². The minimum atomic E-state index is 0.790. The van der Waals surface area contributed by atoms with Crippen LogP contribution < -0.4 is 5.32 Å². The van der Waals surface area contributed by atoms with Gasteiger partial charge in [-0.25, -0.2) is 0 Å². The van der Waals surface area contributed by atoms with E-state index >= 15 is 0 Å². The van der Waals surface area contributed by atoms with Crippen molar-refractivity contribution in [3.63, 3.8) is 0 Å². The Bertz CT molecular complexity index is 229. The first kappa shape index (κ1) is 14.3. The SMILES string of the molecule is CCNC1CCCCCC1CN1CCC(CC)C1. The lowest BCUT2D eigenvalue weighted by atomic mass is 9.94. The van der Waals surface area contributed by atoms with Gasteiger partial charge in [0.1, 0.15) is 0 Å². The zero-order valence-corrected chi connectivity index (χ0v) is 12.5. The maximum absolute atomic E-state index is 3.75. The monoisotopic (exact) mass is 252 g/mol. The molecule has 2 fully saturated rings. The van der Waals surface area contributed by atoms with E-state index in [4.69, 9.17) is 0 Å². The number of nitrogens with one attached hydrogen (secondary N) is 1. The summed E-state index contributed by atoms with van der Waals surface area (Å²) in [6.45, 7) is 9.82. The number of hydrogen-bond donors (Lipinski definition) is 1. The molecule has 1 N–H and O–H groups in total. The van der Waals surface area contributed by atoms with Crippen molar-refractivity contribution < 1.29 is 0 Å². The number of rotatable bonds is 5. The van der Waals surface area contributed by atoms with Gasteiger partial charge < -0.3 is 10.2 Å². The van der Waals surface area contributed by atoms with Gasteiger partial charge in [-0.2, -0.15) is 0 Å². The molecule has 2 aliphatic rings. The van der Waals surface area contributed by atoms with E-state index in [1.807, 2.05) is 0 Å². The van der Waals surface area contributed by atoms with Gasteiger partial charge in [-0.15, -0.1) is 0 Å². The molecule has 2 heteroatoms. The van der Waals surface area contributed by atoms with Crippen LogP contribution in [0.5, 0.6) is 0 Å². The molecule has 0 aromatic heterocycles. The van der Waals surface area contributed by atoms with E-state index in [2.05, 4.69) is 24.1 Å². The lowest BCUT2D eigenvalue weighted by Gasteiger charge is -2.30. The predicted octanol–water partition coefficient (Wildman–Crippen LogP) is 3.28. The van der Waals surface area contributed by atoms with Gasteiger partial charge in [0.15, 0.2) is 0 Å². The molecule has 0 spiro atoms. The van der Waals surface area contributed by atoms with Crippen LogP contribution >= 0.6 is 0 Å². The second-order valence-corrected chi connectivity index (χ2v) is 6.38. The maximum Gasteiger partial charge on any atom is 0.0107 e. The van der Waals surface area contributed by atoms with E-state index in [-0.39, 0.29) is 0 Å². The highest BCUT2D eigenvalue weighted by Gasteiger charge is 2.28. The summed E-state index contributed by atoms with van der Waals surface area (Å²) in [5.74, 6) is 1.89. The summed E-state index contributed by atoms with van der Waals surface area (Å²) in [6, 6.07) is 0.790. The number of hydrogen-bond acceptors (Lipinski definition) is 2. The van der Waals surface area contributed by atoms with Crippen molar-refractivity contribution in [3.8, 4) is 0 Å². The summed E-state index contributed by atoms with van der Waals surface area (Å²) in [4.78, 5) is 2.74. The smallest absolute Gasteiger partial charge is 0.0107 e. The quantitative estimate of drug-likeness (QED) is 0.755. The molecular weight excluding hydrogens is 220 g/mol. The van der Waals surface area contributed by atoms with Crippen LogP contribution in [0.15, 0.2) is 0 Å². The standard InChI is InChI=1S/C16H32N2/c1-3-14-10-11-18(12-14)13-15-8-6-5-7-9-16(15)17-4-2/h14-17H,3-13H2,1-2H3. The average molecular weight is 252 g/mol. The fraction of sp³-hybridized carbons (Fsp3) is 1.00. The highest BCUT2D eigenvalue weighted by Crippen LogP contribution is 2.27. The van der Waals surface area contributed by atoms with Crippen molar-refractivity contribution in [2.24, 2.45) is 11.8 Å². The molecule has 0 amide bonds.